The number of piperidine rings is 1. The molecule has 0 saturated carbocycles. The minimum absolute atomic E-state index is 0.0530. The van der Waals surface area contributed by atoms with Crippen molar-refractivity contribution in [3.05, 3.63) is 28.8 Å². The Kier molecular flexibility index (Phi) is 5.17. The molecule has 2 rings (SSSR count). The Morgan fingerprint density at radius 2 is 2.14 bits per heavy atom. The van der Waals surface area contributed by atoms with Gasteiger partial charge in [0.05, 0.1) is 16.5 Å². The van der Waals surface area contributed by atoms with Crippen LogP contribution in [0.3, 0.4) is 0 Å². The number of carbonyl (C=O) groups is 2. The van der Waals surface area contributed by atoms with Crippen molar-refractivity contribution in [2.75, 3.05) is 19.3 Å². The van der Waals surface area contributed by atoms with Crippen LogP contribution in [0.15, 0.2) is 23.1 Å². The molecule has 1 N–H and O–H groups in total. The van der Waals surface area contributed by atoms with E-state index >= 15 is 0 Å². The average molecular weight is 328 g/mol. The lowest BCUT2D eigenvalue weighted by Gasteiger charge is -2.35. The molecule has 4 nitrogen and oxygen atoms in total. The van der Waals surface area contributed by atoms with E-state index in [2.05, 4.69) is 0 Å². The number of hydrogen-bond donors (Lipinski definition) is 1. The third-order valence-electron chi connectivity index (χ3n) is 3.91. The van der Waals surface area contributed by atoms with Crippen LogP contribution in [0.25, 0.3) is 0 Å². The largest absolute Gasteiger partial charge is 0.481 e. The molecule has 1 amide bonds. The summed E-state index contributed by atoms with van der Waals surface area (Å²) in [5, 5.41) is 9.57. The molecule has 0 aromatic heterocycles. The second-order valence-electron chi connectivity index (χ2n) is 5.31. The number of aliphatic carboxylic acids is 1. The van der Waals surface area contributed by atoms with Crippen molar-refractivity contribution in [2.45, 2.75) is 18.2 Å². The first-order chi connectivity index (χ1) is 9.93. The minimum Gasteiger partial charge on any atom is -0.481 e. The van der Waals surface area contributed by atoms with E-state index in [-0.39, 0.29) is 17.7 Å². The maximum Gasteiger partial charge on any atom is 0.306 e. The molecule has 2 atom stereocenters. The summed E-state index contributed by atoms with van der Waals surface area (Å²) in [7, 11) is 0. The maximum absolute atomic E-state index is 12.6. The van der Waals surface area contributed by atoms with Crippen molar-refractivity contribution in [3.63, 3.8) is 0 Å². The summed E-state index contributed by atoms with van der Waals surface area (Å²) in [6, 6.07) is 5.40. The van der Waals surface area contributed by atoms with Crippen LogP contribution in [0.5, 0.6) is 0 Å². The van der Waals surface area contributed by atoms with Gasteiger partial charge < -0.3 is 10.0 Å². The van der Waals surface area contributed by atoms with Gasteiger partial charge >= 0.3 is 5.97 Å². The van der Waals surface area contributed by atoms with Crippen molar-refractivity contribution < 1.29 is 14.7 Å². The van der Waals surface area contributed by atoms with Crippen molar-refractivity contribution in [1.82, 2.24) is 4.90 Å². The van der Waals surface area contributed by atoms with Gasteiger partial charge in [0.1, 0.15) is 0 Å². The van der Waals surface area contributed by atoms with Crippen molar-refractivity contribution >= 4 is 35.2 Å². The van der Waals surface area contributed by atoms with Gasteiger partial charge in [0.2, 0.25) is 0 Å². The number of carboxylic acid groups (broad SMARTS) is 1. The molecule has 0 spiro atoms. The van der Waals surface area contributed by atoms with Gasteiger partial charge in [-0.15, -0.1) is 11.8 Å². The highest BCUT2D eigenvalue weighted by Gasteiger charge is 2.33. The molecule has 1 aliphatic heterocycles. The Bertz CT molecular complexity index is 564. The number of thioether (sulfide) groups is 1. The number of rotatable bonds is 3. The average Bonchev–Trinajstić information content (AvgIpc) is 2.46. The van der Waals surface area contributed by atoms with E-state index < -0.39 is 5.97 Å². The molecule has 1 aromatic carbocycles. The minimum atomic E-state index is -0.781. The zero-order chi connectivity index (χ0) is 15.6. The predicted molar refractivity (Wildman–Crippen MR) is 84.0 cm³/mol. The van der Waals surface area contributed by atoms with Crippen LogP contribution in [0.4, 0.5) is 0 Å². The molecule has 21 heavy (non-hydrogen) atoms. The van der Waals surface area contributed by atoms with Crippen LogP contribution in [0.2, 0.25) is 5.02 Å². The molecule has 1 heterocycles. The first-order valence-electron chi connectivity index (χ1n) is 6.79. The van der Waals surface area contributed by atoms with Crippen LogP contribution in [0.1, 0.15) is 23.7 Å². The van der Waals surface area contributed by atoms with Crippen molar-refractivity contribution in [2.24, 2.45) is 11.8 Å². The normalized spacial score (nSPS) is 22.1. The van der Waals surface area contributed by atoms with Crippen LogP contribution < -0.4 is 0 Å². The Hall–Kier alpha value is -1.20. The maximum atomic E-state index is 12.6. The van der Waals surface area contributed by atoms with E-state index in [1.165, 1.54) is 0 Å². The topological polar surface area (TPSA) is 57.6 Å². The summed E-state index contributed by atoms with van der Waals surface area (Å²) in [6.07, 6.45) is 2.43. The van der Waals surface area contributed by atoms with Crippen LogP contribution in [-0.2, 0) is 4.79 Å². The third-order valence-corrected chi connectivity index (χ3v) is 4.97. The quantitative estimate of drug-likeness (QED) is 0.866. The Morgan fingerprint density at radius 3 is 2.71 bits per heavy atom. The Labute approximate surface area is 133 Å². The fourth-order valence-corrected chi connectivity index (χ4v) is 3.30. The number of amides is 1. The molecule has 1 fully saturated rings. The highest BCUT2D eigenvalue weighted by atomic mass is 35.5. The highest BCUT2D eigenvalue weighted by Crippen LogP contribution is 2.28. The molecule has 1 aliphatic rings. The number of benzene rings is 1. The van der Waals surface area contributed by atoms with E-state index in [1.807, 2.05) is 19.2 Å². The Balaban J connectivity index is 2.16. The monoisotopic (exact) mass is 327 g/mol. The van der Waals surface area contributed by atoms with Gasteiger partial charge in [-0.2, -0.15) is 0 Å². The van der Waals surface area contributed by atoms with Crippen molar-refractivity contribution in [1.29, 1.82) is 0 Å². The summed E-state index contributed by atoms with van der Waals surface area (Å²) < 4.78 is 0. The lowest BCUT2D eigenvalue weighted by molar-refractivity contribution is -0.145. The lowest BCUT2D eigenvalue weighted by atomic mass is 9.87. The SMILES string of the molecule is CSc1ccc(Cl)c(C(=O)N2CCC(C(=O)O)C(C)C2)c1. The summed E-state index contributed by atoms with van der Waals surface area (Å²) >= 11 is 7.69. The standard InChI is InChI=1S/C15H18ClNO3S/c1-9-8-17(6-5-11(9)15(19)20)14(18)12-7-10(21-2)3-4-13(12)16/h3-4,7,9,11H,5-6,8H2,1-2H3,(H,19,20). The summed E-state index contributed by atoms with van der Waals surface area (Å²) in [4.78, 5) is 26.4. The number of nitrogens with zero attached hydrogens (tertiary/aromatic N) is 1. The first-order valence-corrected chi connectivity index (χ1v) is 8.40. The second kappa shape index (κ2) is 6.71. The molecule has 0 radical (unpaired) electrons. The van der Waals surface area contributed by atoms with E-state index in [0.29, 0.717) is 30.1 Å². The van der Waals surface area contributed by atoms with Crippen molar-refractivity contribution in [3.8, 4) is 0 Å². The van der Waals surface area contributed by atoms with Gasteiger partial charge in [0, 0.05) is 18.0 Å². The number of carboxylic acids is 1. The van der Waals surface area contributed by atoms with E-state index in [9.17, 15) is 9.59 Å². The molecular formula is C15H18ClNO3S. The van der Waals surface area contributed by atoms with E-state index in [4.69, 9.17) is 16.7 Å². The van der Waals surface area contributed by atoms with Gasteiger partial charge in [0.15, 0.2) is 0 Å². The fraction of sp³-hybridized carbons (Fsp3) is 0.467. The zero-order valence-corrected chi connectivity index (χ0v) is 13.6. The molecular weight excluding hydrogens is 310 g/mol. The number of hydrogen-bond acceptors (Lipinski definition) is 3. The zero-order valence-electron chi connectivity index (χ0n) is 12.0. The van der Waals surface area contributed by atoms with Gasteiger partial charge in [-0.3, -0.25) is 9.59 Å². The molecule has 0 bridgehead atoms. The molecule has 1 aromatic rings. The van der Waals surface area contributed by atoms with Gasteiger partial charge in [-0.1, -0.05) is 18.5 Å². The smallest absolute Gasteiger partial charge is 0.306 e. The lowest BCUT2D eigenvalue weighted by Crippen LogP contribution is -2.45. The molecule has 6 heteroatoms. The third kappa shape index (κ3) is 3.52. The first kappa shape index (κ1) is 16.2. The van der Waals surface area contributed by atoms with Crippen LogP contribution in [-0.4, -0.2) is 41.2 Å². The summed E-state index contributed by atoms with van der Waals surface area (Å²) in [5.74, 6) is -1.33. The van der Waals surface area contributed by atoms with Gasteiger partial charge in [0.25, 0.3) is 5.91 Å². The summed E-state index contributed by atoms with van der Waals surface area (Å²) in [5.41, 5.74) is 0.490. The number of halogens is 1. The number of likely N-dealkylation sites (tertiary alicyclic amines) is 1. The molecule has 2 unspecified atom stereocenters. The Morgan fingerprint density at radius 1 is 1.43 bits per heavy atom. The fourth-order valence-electron chi connectivity index (χ4n) is 2.66. The summed E-state index contributed by atoms with van der Waals surface area (Å²) in [6.45, 7) is 2.79. The van der Waals surface area contributed by atoms with Crippen LogP contribution in [0, 0.1) is 11.8 Å². The van der Waals surface area contributed by atoms with Gasteiger partial charge in [-0.25, -0.2) is 0 Å². The highest BCUT2D eigenvalue weighted by molar-refractivity contribution is 7.98. The van der Waals surface area contributed by atoms with E-state index in [1.54, 1.807) is 28.8 Å². The van der Waals surface area contributed by atoms with E-state index in [0.717, 1.165) is 4.90 Å². The van der Waals surface area contributed by atoms with Crippen LogP contribution >= 0.6 is 23.4 Å². The molecule has 114 valence electrons. The predicted octanol–water partition coefficient (Wildman–Crippen LogP) is 3.24. The van der Waals surface area contributed by atoms with Gasteiger partial charge in [-0.05, 0) is 36.8 Å². The molecule has 1 saturated heterocycles. The molecule has 0 aliphatic carbocycles. The number of carbonyl (C=O) groups excluding carboxylic acids is 1. The second-order valence-corrected chi connectivity index (χ2v) is 6.59.